The first kappa shape index (κ1) is 26.9. The number of carbonyl (C=O) groups excluding carboxylic acids is 1. The van der Waals surface area contributed by atoms with E-state index < -0.39 is 23.4 Å². The fourth-order valence-corrected chi connectivity index (χ4v) is 4.07. The third kappa shape index (κ3) is 7.44. The Balaban J connectivity index is 1.44. The van der Waals surface area contributed by atoms with E-state index in [-0.39, 0.29) is 17.6 Å². The van der Waals surface area contributed by atoms with Crippen LogP contribution in [0.5, 0.6) is 0 Å². The van der Waals surface area contributed by atoms with Gasteiger partial charge in [0.1, 0.15) is 16.4 Å². The van der Waals surface area contributed by atoms with Crippen molar-refractivity contribution in [2.75, 3.05) is 10.6 Å². The van der Waals surface area contributed by atoms with E-state index in [4.69, 9.17) is 9.15 Å². The van der Waals surface area contributed by atoms with Gasteiger partial charge in [0.2, 0.25) is 0 Å². The van der Waals surface area contributed by atoms with E-state index in [2.05, 4.69) is 30.8 Å². The van der Waals surface area contributed by atoms with E-state index in [0.29, 0.717) is 22.2 Å². The second kappa shape index (κ2) is 11.1. The summed E-state index contributed by atoms with van der Waals surface area (Å²) in [6, 6.07) is 11.6. The number of benzene rings is 1. The molecule has 4 aromatic rings. The number of pyridine rings is 2. The second-order valence-corrected chi connectivity index (χ2v) is 9.90. The molecule has 0 aliphatic heterocycles. The normalized spacial score (nSPS) is 11.7. The van der Waals surface area contributed by atoms with Gasteiger partial charge in [-0.25, -0.2) is 14.8 Å². The molecule has 38 heavy (non-hydrogen) atoms. The highest BCUT2D eigenvalue weighted by Gasteiger charge is 2.30. The zero-order valence-electron chi connectivity index (χ0n) is 20.5. The Morgan fingerprint density at radius 2 is 1.84 bits per heavy atom. The molecule has 0 bridgehead atoms. The topological polar surface area (TPSA) is 115 Å². The lowest BCUT2D eigenvalue weighted by Crippen LogP contribution is -2.27. The minimum Gasteiger partial charge on any atom is -0.444 e. The Bertz CT molecular complexity index is 1420. The van der Waals surface area contributed by atoms with Gasteiger partial charge in [0, 0.05) is 23.8 Å². The average Bonchev–Trinajstić information content (AvgIpc) is 3.30. The molecule has 3 heterocycles. The van der Waals surface area contributed by atoms with Gasteiger partial charge in [-0.2, -0.15) is 13.2 Å². The van der Waals surface area contributed by atoms with Crippen molar-refractivity contribution >= 4 is 35.4 Å². The molecular weight excluding hydrogens is 521 g/mol. The number of thioether (sulfide) groups is 1. The van der Waals surface area contributed by atoms with Crippen molar-refractivity contribution in [3.8, 4) is 11.5 Å². The number of ether oxygens (including phenoxy) is 1. The average molecular weight is 545 g/mol. The molecule has 0 aliphatic carbocycles. The number of carbonyl (C=O) groups is 1. The maximum absolute atomic E-state index is 13.0. The molecule has 9 nitrogen and oxygen atoms in total. The fourth-order valence-electron chi connectivity index (χ4n) is 3.14. The molecule has 0 unspecified atom stereocenters. The minimum atomic E-state index is -4.47. The van der Waals surface area contributed by atoms with E-state index in [9.17, 15) is 18.0 Å². The standard InChI is InChI=1S/C25H23F3N6O3S/c1-24(2,3)37-23(35)32-19-12-15(9-11-29-19)14-38-21-18(8-5-10-30-21)20-33-34-22(36-20)31-17-7-4-6-16(13-17)25(26,27)28/h4-13H,14H2,1-3H3,(H,31,34)(H,29,32,35). The van der Waals surface area contributed by atoms with Crippen molar-refractivity contribution in [1.29, 1.82) is 0 Å². The van der Waals surface area contributed by atoms with Gasteiger partial charge in [0.05, 0.1) is 11.1 Å². The van der Waals surface area contributed by atoms with Crippen LogP contribution in [-0.4, -0.2) is 31.9 Å². The first-order valence-corrected chi connectivity index (χ1v) is 12.3. The quantitative estimate of drug-likeness (QED) is 0.239. The third-order valence-electron chi connectivity index (χ3n) is 4.70. The second-order valence-electron chi connectivity index (χ2n) is 8.94. The SMILES string of the molecule is CC(C)(C)OC(=O)Nc1cc(CSc2ncccc2-c2nnc(Nc3cccc(C(F)(F)F)c3)o2)ccn1. The van der Waals surface area contributed by atoms with Crippen molar-refractivity contribution in [2.45, 2.75) is 43.3 Å². The van der Waals surface area contributed by atoms with Gasteiger partial charge in [-0.05, 0) is 68.8 Å². The van der Waals surface area contributed by atoms with Crippen LogP contribution < -0.4 is 10.6 Å². The number of halogens is 3. The van der Waals surface area contributed by atoms with Crippen LogP contribution in [0.3, 0.4) is 0 Å². The van der Waals surface area contributed by atoms with E-state index >= 15 is 0 Å². The number of nitrogens with one attached hydrogen (secondary N) is 2. The van der Waals surface area contributed by atoms with Crippen LogP contribution in [-0.2, 0) is 16.7 Å². The van der Waals surface area contributed by atoms with Crippen LogP contribution in [0.15, 0.2) is 70.4 Å². The van der Waals surface area contributed by atoms with Crippen molar-refractivity contribution in [1.82, 2.24) is 20.2 Å². The van der Waals surface area contributed by atoms with E-state index in [1.165, 1.54) is 23.9 Å². The first-order chi connectivity index (χ1) is 18.0. The molecule has 0 atom stereocenters. The van der Waals surface area contributed by atoms with Gasteiger partial charge in [-0.15, -0.1) is 16.9 Å². The molecular formula is C25H23F3N6O3S. The molecule has 0 aliphatic rings. The highest BCUT2D eigenvalue weighted by atomic mass is 32.2. The van der Waals surface area contributed by atoms with Crippen LogP contribution in [0.1, 0.15) is 31.9 Å². The number of aromatic nitrogens is 4. The highest BCUT2D eigenvalue weighted by molar-refractivity contribution is 7.98. The zero-order valence-corrected chi connectivity index (χ0v) is 21.4. The number of amides is 1. The molecule has 4 rings (SSSR count). The summed E-state index contributed by atoms with van der Waals surface area (Å²) in [6.45, 7) is 5.31. The Hall–Kier alpha value is -4.13. The number of alkyl halides is 3. The Kier molecular flexibility index (Phi) is 7.86. The van der Waals surface area contributed by atoms with E-state index in [0.717, 1.165) is 17.7 Å². The van der Waals surface area contributed by atoms with Crippen molar-refractivity contribution in [3.63, 3.8) is 0 Å². The summed E-state index contributed by atoms with van der Waals surface area (Å²) in [5.41, 5.74) is 0.149. The number of rotatable bonds is 7. The highest BCUT2D eigenvalue weighted by Crippen LogP contribution is 2.34. The Morgan fingerprint density at radius 3 is 2.61 bits per heavy atom. The van der Waals surface area contributed by atoms with Gasteiger partial charge >= 0.3 is 18.3 Å². The molecule has 0 saturated carbocycles. The van der Waals surface area contributed by atoms with Crippen LogP contribution in [0.2, 0.25) is 0 Å². The van der Waals surface area contributed by atoms with Crippen molar-refractivity contribution in [2.24, 2.45) is 0 Å². The summed E-state index contributed by atoms with van der Waals surface area (Å²) in [5, 5.41) is 13.8. The maximum Gasteiger partial charge on any atom is 0.416 e. The predicted octanol–water partition coefficient (Wildman–Crippen LogP) is 6.93. The van der Waals surface area contributed by atoms with Gasteiger partial charge in [-0.1, -0.05) is 11.2 Å². The van der Waals surface area contributed by atoms with Crippen molar-refractivity contribution in [3.05, 3.63) is 72.1 Å². The van der Waals surface area contributed by atoms with Crippen molar-refractivity contribution < 1.29 is 27.1 Å². The zero-order chi connectivity index (χ0) is 27.3. The van der Waals surface area contributed by atoms with Gasteiger partial charge < -0.3 is 14.5 Å². The lowest BCUT2D eigenvalue weighted by atomic mass is 10.2. The molecule has 1 aromatic carbocycles. The summed E-state index contributed by atoms with van der Waals surface area (Å²) in [4.78, 5) is 20.6. The smallest absolute Gasteiger partial charge is 0.416 e. The molecule has 0 radical (unpaired) electrons. The molecule has 0 spiro atoms. The summed E-state index contributed by atoms with van der Waals surface area (Å²) in [7, 11) is 0. The Labute approximate surface area is 220 Å². The Morgan fingerprint density at radius 1 is 1.03 bits per heavy atom. The molecule has 0 saturated heterocycles. The minimum absolute atomic E-state index is 0.0638. The monoisotopic (exact) mass is 544 g/mol. The summed E-state index contributed by atoms with van der Waals surface area (Å²) in [5.74, 6) is 0.983. The lowest BCUT2D eigenvalue weighted by Gasteiger charge is -2.19. The maximum atomic E-state index is 13.0. The van der Waals surface area contributed by atoms with Crippen LogP contribution in [0.4, 0.5) is 35.5 Å². The summed E-state index contributed by atoms with van der Waals surface area (Å²) < 4.78 is 49.9. The number of hydrogen-bond acceptors (Lipinski definition) is 9. The van der Waals surface area contributed by atoms with Gasteiger partial charge in [-0.3, -0.25) is 5.32 Å². The molecule has 3 aromatic heterocycles. The van der Waals surface area contributed by atoms with Crippen LogP contribution >= 0.6 is 11.8 Å². The molecule has 1 amide bonds. The van der Waals surface area contributed by atoms with Gasteiger partial charge in [0.25, 0.3) is 5.89 Å². The fraction of sp³-hybridized carbons (Fsp3) is 0.240. The molecule has 198 valence electrons. The summed E-state index contributed by atoms with van der Waals surface area (Å²) >= 11 is 1.39. The van der Waals surface area contributed by atoms with Gasteiger partial charge in [0.15, 0.2) is 0 Å². The molecule has 13 heteroatoms. The number of anilines is 3. The number of nitrogens with zero attached hydrogens (tertiary/aromatic N) is 4. The molecule has 0 fully saturated rings. The molecule has 2 N–H and O–H groups in total. The largest absolute Gasteiger partial charge is 0.444 e. The van der Waals surface area contributed by atoms with Crippen LogP contribution in [0.25, 0.3) is 11.5 Å². The predicted molar refractivity (Wildman–Crippen MR) is 136 cm³/mol. The third-order valence-corrected chi connectivity index (χ3v) is 5.77. The first-order valence-electron chi connectivity index (χ1n) is 11.3. The lowest BCUT2D eigenvalue weighted by molar-refractivity contribution is -0.137. The summed E-state index contributed by atoms with van der Waals surface area (Å²) in [6.07, 6.45) is -1.88. The van der Waals surface area contributed by atoms with E-state index in [1.807, 2.05) is 0 Å². The van der Waals surface area contributed by atoms with E-state index in [1.54, 1.807) is 57.4 Å². The number of hydrogen-bond donors (Lipinski definition) is 2. The van der Waals surface area contributed by atoms with Crippen LogP contribution in [0, 0.1) is 0 Å².